The molecule has 0 aliphatic carbocycles. The number of carbonyl (C=O) groups excluding carboxylic acids is 1. The number of aliphatic carboxylic acids is 1. The Hall–Kier alpha value is -1.78. The summed E-state index contributed by atoms with van der Waals surface area (Å²) in [6.45, 7) is 3.85. The second-order valence-corrected chi connectivity index (χ2v) is 5.02. The number of nitrogens with zero attached hydrogens (tertiary/aromatic N) is 2. The molecule has 1 aliphatic heterocycles. The predicted molar refractivity (Wildman–Crippen MR) is 71.0 cm³/mol. The van der Waals surface area contributed by atoms with Gasteiger partial charge in [-0.2, -0.15) is 0 Å². The molecule has 0 unspecified atom stereocenters. The van der Waals surface area contributed by atoms with Crippen LogP contribution in [0.1, 0.15) is 36.7 Å². The van der Waals surface area contributed by atoms with Gasteiger partial charge in [-0.05, 0) is 31.4 Å². The molecule has 19 heavy (non-hydrogen) atoms. The molecule has 1 atom stereocenters. The van der Waals surface area contributed by atoms with Crippen LogP contribution in [0.15, 0.2) is 18.3 Å². The summed E-state index contributed by atoms with van der Waals surface area (Å²) in [5.41, 5.74) is 0.660. The zero-order chi connectivity index (χ0) is 13.8. The van der Waals surface area contributed by atoms with Crippen molar-refractivity contribution in [2.24, 2.45) is 5.92 Å². The highest BCUT2D eigenvalue weighted by Gasteiger charge is 2.29. The number of carbonyl (C=O) groups is 2. The molecule has 1 aliphatic rings. The predicted octanol–water partition coefficient (Wildman–Crippen LogP) is 1.83. The fourth-order valence-electron chi connectivity index (χ4n) is 2.57. The average Bonchev–Trinajstić information content (AvgIpc) is 2.86. The number of aromatic nitrogens is 1. The number of piperidine rings is 1. The minimum Gasteiger partial charge on any atom is -0.481 e. The van der Waals surface area contributed by atoms with Gasteiger partial charge < -0.3 is 14.6 Å². The summed E-state index contributed by atoms with van der Waals surface area (Å²) in [4.78, 5) is 25.1. The van der Waals surface area contributed by atoms with E-state index in [1.807, 2.05) is 22.9 Å². The van der Waals surface area contributed by atoms with Crippen molar-refractivity contribution >= 4 is 11.9 Å². The van der Waals surface area contributed by atoms with Crippen LogP contribution in [0.3, 0.4) is 0 Å². The quantitative estimate of drug-likeness (QED) is 0.902. The van der Waals surface area contributed by atoms with Crippen molar-refractivity contribution in [2.45, 2.75) is 32.7 Å². The first-order valence-electron chi connectivity index (χ1n) is 6.80. The summed E-state index contributed by atoms with van der Waals surface area (Å²) in [6, 6.07) is 3.67. The van der Waals surface area contributed by atoms with Crippen LogP contribution in [0.5, 0.6) is 0 Å². The van der Waals surface area contributed by atoms with E-state index >= 15 is 0 Å². The van der Waals surface area contributed by atoms with Gasteiger partial charge in [0, 0.05) is 25.8 Å². The van der Waals surface area contributed by atoms with Gasteiger partial charge in [0.15, 0.2) is 0 Å². The van der Waals surface area contributed by atoms with E-state index in [0.29, 0.717) is 25.2 Å². The van der Waals surface area contributed by atoms with Gasteiger partial charge >= 0.3 is 5.97 Å². The third-order valence-corrected chi connectivity index (χ3v) is 3.57. The largest absolute Gasteiger partial charge is 0.481 e. The molecule has 1 fully saturated rings. The zero-order valence-corrected chi connectivity index (χ0v) is 11.2. The summed E-state index contributed by atoms with van der Waals surface area (Å²) in [6.07, 6.45) is 4.29. The van der Waals surface area contributed by atoms with Crippen molar-refractivity contribution in [1.82, 2.24) is 9.47 Å². The van der Waals surface area contributed by atoms with Crippen molar-refractivity contribution in [3.8, 4) is 0 Å². The van der Waals surface area contributed by atoms with Gasteiger partial charge in [0.05, 0.1) is 5.92 Å². The van der Waals surface area contributed by atoms with E-state index in [9.17, 15) is 9.59 Å². The Kier molecular flexibility index (Phi) is 4.24. The van der Waals surface area contributed by atoms with Crippen molar-refractivity contribution in [1.29, 1.82) is 0 Å². The molecule has 1 amide bonds. The monoisotopic (exact) mass is 264 g/mol. The molecule has 104 valence electrons. The maximum Gasteiger partial charge on any atom is 0.308 e. The van der Waals surface area contributed by atoms with Crippen LogP contribution >= 0.6 is 0 Å². The van der Waals surface area contributed by atoms with E-state index in [2.05, 4.69) is 6.92 Å². The molecule has 0 saturated carbocycles. The van der Waals surface area contributed by atoms with E-state index in [1.165, 1.54) is 0 Å². The molecule has 1 aromatic heterocycles. The van der Waals surface area contributed by atoms with Gasteiger partial charge in [0.2, 0.25) is 0 Å². The van der Waals surface area contributed by atoms with E-state index in [1.54, 1.807) is 4.90 Å². The molecule has 1 N–H and O–H groups in total. The summed E-state index contributed by atoms with van der Waals surface area (Å²) in [7, 11) is 0. The normalized spacial score (nSPS) is 19.4. The molecule has 0 bridgehead atoms. The summed E-state index contributed by atoms with van der Waals surface area (Å²) in [5.74, 6) is -1.28. The Bertz CT molecular complexity index is 467. The van der Waals surface area contributed by atoms with Gasteiger partial charge in [-0.3, -0.25) is 9.59 Å². The lowest BCUT2D eigenvalue weighted by atomic mass is 9.98. The molecule has 5 heteroatoms. The average molecular weight is 264 g/mol. The molecule has 2 heterocycles. The third-order valence-electron chi connectivity index (χ3n) is 3.57. The van der Waals surface area contributed by atoms with Crippen LogP contribution in [-0.4, -0.2) is 39.5 Å². The second-order valence-electron chi connectivity index (χ2n) is 5.02. The van der Waals surface area contributed by atoms with E-state index in [4.69, 9.17) is 5.11 Å². The molecule has 0 aromatic carbocycles. The van der Waals surface area contributed by atoms with Crippen LogP contribution in [0.25, 0.3) is 0 Å². The molecule has 2 rings (SSSR count). The SMILES string of the molecule is CCCn1cccc1C(=O)N1CCC[C@@H](C(=O)O)C1. The molecule has 5 nitrogen and oxygen atoms in total. The van der Waals surface area contributed by atoms with Crippen LogP contribution in [0.4, 0.5) is 0 Å². The maximum atomic E-state index is 12.4. The van der Waals surface area contributed by atoms with Gasteiger partial charge in [0.25, 0.3) is 5.91 Å². The van der Waals surface area contributed by atoms with Crippen molar-refractivity contribution < 1.29 is 14.7 Å². The highest BCUT2D eigenvalue weighted by atomic mass is 16.4. The number of amides is 1. The van der Waals surface area contributed by atoms with E-state index in [0.717, 1.165) is 19.4 Å². The summed E-state index contributed by atoms with van der Waals surface area (Å²) in [5, 5.41) is 9.06. The highest BCUT2D eigenvalue weighted by molar-refractivity contribution is 5.93. The number of hydrogen-bond acceptors (Lipinski definition) is 2. The summed E-state index contributed by atoms with van der Waals surface area (Å²) < 4.78 is 1.94. The molecule has 1 saturated heterocycles. The minimum absolute atomic E-state index is 0.0515. The van der Waals surface area contributed by atoms with Crippen LogP contribution in [0, 0.1) is 5.92 Å². The number of hydrogen-bond donors (Lipinski definition) is 1. The topological polar surface area (TPSA) is 62.5 Å². The molecular weight excluding hydrogens is 244 g/mol. The first-order valence-corrected chi connectivity index (χ1v) is 6.80. The fourth-order valence-corrected chi connectivity index (χ4v) is 2.57. The molecular formula is C14H20N2O3. The van der Waals surface area contributed by atoms with Crippen LogP contribution < -0.4 is 0 Å². The lowest BCUT2D eigenvalue weighted by molar-refractivity contribution is -0.143. The Morgan fingerprint density at radius 2 is 2.26 bits per heavy atom. The van der Waals surface area contributed by atoms with Gasteiger partial charge in [0.1, 0.15) is 5.69 Å². The van der Waals surface area contributed by atoms with E-state index in [-0.39, 0.29) is 5.91 Å². The van der Waals surface area contributed by atoms with Gasteiger partial charge in [-0.1, -0.05) is 6.92 Å². The number of carboxylic acids is 1. The Labute approximate surface area is 112 Å². The van der Waals surface area contributed by atoms with Crippen molar-refractivity contribution in [3.63, 3.8) is 0 Å². The lowest BCUT2D eigenvalue weighted by Gasteiger charge is -2.31. The van der Waals surface area contributed by atoms with Gasteiger partial charge in [-0.25, -0.2) is 0 Å². The van der Waals surface area contributed by atoms with Crippen molar-refractivity contribution in [2.75, 3.05) is 13.1 Å². The lowest BCUT2D eigenvalue weighted by Crippen LogP contribution is -2.42. The summed E-state index contributed by atoms with van der Waals surface area (Å²) >= 11 is 0. The Morgan fingerprint density at radius 1 is 1.47 bits per heavy atom. The standard InChI is InChI=1S/C14H20N2O3/c1-2-7-15-8-4-6-12(15)13(17)16-9-3-5-11(10-16)14(18)19/h4,6,8,11H,2-3,5,7,9-10H2,1H3,(H,18,19)/t11-/m1/s1. The van der Waals surface area contributed by atoms with E-state index < -0.39 is 11.9 Å². The number of likely N-dealkylation sites (tertiary alicyclic amines) is 1. The second kappa shape index (κ2) is 5.91. The number of carboxylic acid groups (broad SMARTS) is 1. The van der Waals surface area contributed by atoms with Crippen LogP contribution in [-0.2, 0) is 11.3 Å². The Morgan fingerprint density at radius 3 is 2.95 bits per heavy atom. The van der Waals surface area contributed by atoms with Crippen molar-refractivity contribution in [3.05, 3.63) is 24.0 Å². The first kappa shape index (κ1) is 13.6. The third kappa shape index (κ3) is 2.97. The number of aryl methyl sites for hydroxylation is 1. The molecule has 0 spiro atoms. The van der Waals surface area contributed by atoms with Crippen LogP contribution in [0.2, 0.25) is 0 Å². The highest BCUT2D eigenvalue weighted by Crippen LogP contribution is 2.19. The minimum atomic E-state index is -0.804. The van der Waals surface area contributed by atoms with Gasteiger partial charge in [-0.15, -0.1) is 0 Å². The first-order chi connectivity index (χ1) is 9.13. The Balaban J connectivity index is 2.10. The fraction of sp³-hybridized carbons (Fsp3) is 0.571. The molecule has 1 aromatic rings. The number of rotatable bonds is 4. The zero-order valence-electron chi connectivity index (χ0n) is 11.2. The maximum absolute atomic E-state index is 12.4. The smallest absolute Gasteiger partial charge is 0.308 e. The molecule has 0 radical (unpaired) electrons.